The zero-order chi connectivity index (χ0) is 20.4. The zero-order valence-electron chi connectivity index (χ0n) is 16.6. The van der Waals surface area contributed by atoms with Gasteiger partial charge < -0.3 is 25.0 Å². The van der Waals surface area contributed by atoms with Crippen LogP contribution in [0.3, 0.4) is 0 Å². The Balaban J connectivity index is 1.27. The Hall–Kier alpha value is -3.22. The van der Waals surface area contributed by atoms with Gasteiger partial charge in [-0.1, -0.05) is 18.2 Å². The summed E-state index contributed by atoms with van der Waals surface area (Å²) in [4.78, 5) is 26.4. The summed E-state index contributed by atoms with van der Waals surface area (Å²) in [5, 5.41) is 5.70. The molecule has 2 aliphatic rings. The minimum Gasteiger partial charge on any atom is -0.486 e. The highest BCUT2D eigenvalue weighted by molar-refractivity contribution is 5.96. The van der Waals surface area contributed by atoms with Crippen molar-refractivity contribution in [1.29, 1.82) is 0 Å². The summed E-state index contributed by atoms with van der Waals surface area (Å²) in [5.74, 6) is 1.40. The highest BCUT2D eigenvalue weighted by atomic mass is 16.6. The fourth-order valence-corrected chi connectivity index (χ4v) is 3.55. The van der Waals surface area contributed by atoms with Crippen LogP contribution >= 0.6 is 0 Å². The van der Waals surface area contributed by atoms with Crippen LogP contribution in [0.5, 0.6) is 11.5 Å². The Morgan fingerprint density at radius 3 is 2.72 bits per heavy atom. The number of ether oxygens (including phenoxy) is 2. The molecule has 0 saturated carbocycles. The Morgan fingerprint density at radius 2 is 1.93 bits per heavy atom. The average molecular weight is 395 g/mol. The number of benzene rings is 2. The van der Waals surface area contributed by atoms with E-state index in [-0.39, 0.29) is 30.5 Å². The van der Waals surface area contributed by atoms with Gasteiger partial charge in [0.1, 0.15) is 6.61 Å². The standard InChI is InChI=1S/C22H25N3O4/c1-14-7-8-17(9-15(14)2)25-12-16(10-21(25)26)24-22(27)23-11-18-13-28-19-5-3-4-6-20(19)29-18/h3-9,16,18H,10-13H2,1-2H3,(H2,23,24,27)/t16-,18-/m1/s1. The molecule has 2 aromatic rings. The number of rotatable bonds is 4. The van der Waals surface area contributed by atoms with E-state index in [9.17, 15) is 9.59 Å². The van der Waals surface area contributed by atoms with Gasteiger partial charge in [0.05, 0.1) is 12.6 Å². The number of hydrogen-bond acceptors (Lipinski definition) is 4. The number of aryl methyl sites for hydroxylation is 2. The van der Waals surface area contributed by atoms with Crippen molar-refractivity contribution in [1.82, 2.24) is 10.6 Å². The summed E-state index contributed by atoms with van der Waals surface area (Å²) in [5.41, 5.74) is 3.20. The maximum atomic E-state index is 12.4. The molecular weight excluding hydrogens is 370 g/mol. The van der Waals surface area contributed by atoms with Gasteiger partial charge in [-0.05, 0) is 49.2 Å². The molecule has 0 aliphatic carbocycles. The molecule has 1 saturated heterocycles. The molecule has 0 radical (unpaired) electrons. The highest BCUT2D eigenvalue weighted by Crippen LogP contribution is 2.30. The van der Waals surface area contributed by atoms with Crippen LogP contribution in [0.15, 0.2) is 42.5 Å². The average Bonchev–Trinajstić information content (AvgIpc) is 3.08. The van der Waals surface area contributed by atoms with Crippen LogP contribution in [-0.2, 0) is 4.79 Å². The third kappa shape index (κ3) is 4.29. The molecule has 0 unspecified atom stereocenters. The van der Waals surface area contributed by atoms with E-state index in [1.807, 2.05) is 56.3 Å². The van der Waals surface area contributed by atoms with E-state index < -0.39 is 0 Å². The summed E-state index contributed by atoms with van der Waals surface area (Å²) in [6, 6.07) is 12.9. The lowest BCUT2D eigenvalue weighted by molar-refractivity contribution is -0.117. The lowest BCUT2D eigenvalue weighted by atomic mass is 10.1. The van der Waals surface area contributed by atoms with Crippen LogP contribution < -0.4 is 25.0 Å². The van der Waals surface area contributed by atoms with Gasteiger partial charge in [-0.3, -0.25) is 4.79 Å². The lowest BCUT2D eigenvalue weighted by Gasteiger charge is -2.26. The van der Waals surface area contributed by atoms with Crippen LogP contribution in [0.1, 0.15) is 17.5 Å². The van der Waals surface area contributed by atoms with Gasteiger partial charge in [0.15, 0.2) is 17.6 Å². The van der Waals surface area contributed by atoms with Crippen molar-refractivity contribution in [2.24, 2.45) is 0 Å². The van der Waals surface area contributed by atoms with E-state index in [2.05, 4.69) is 10.6 Å². The Labute approximate surface area is 170 Å². The van der Waals surface area contributed by atoms with Crippen LogP contribution in [0.2, 0.25) is 0 Å². The molecule has 2 aromatic carbocycles. The highest BCUT2D eigenvalue weighted by Gasteiger charge is 2.32. The van der Waals surface area contributed by atoms with Crippen LogP contribution in [0, 0.1) is 13.8 Å². The number of para-hydroxylation sites is 2. The fraction of sp³-hybridized carbons (Fsp3) is 0.364. The van der Waals surface area contributed by atoms with Gasteiger partial charge in [0.25, 0.3) is 0 Å². The van der Waals surface area contributed by atoms with Crippen LogP contribution in [0.4, 0.5) is 10.5 Å². The maximum absolute atomic E-state index is 12.4. The van der Waals surface area contributed by atoms with E-state index in [0.29, 0.717) is 31.2 Å². The third-order valence-electron chi connectivity index (χ3n) is 5.32. The number of anilines is 1. The molecule has 7 nitrogen and oxygen atoms in total. The minimum atomic E-state index is -0.313. The second-order valence-electron chi connectivity index (χ2n) is 7.53. The molecule has 1 fully saturated rings. The number of amides is 3. The number of hydrogen-bond donors (Lipinski definition) is 2. The van der Waals surface area contributed by atoms with E-state index in [1.165, 1.54) is 5.56 Å². The first-order chi connectivity index (χ1) is 14.0. The van der Waals surface area contributed by atoms with E-state index >= 15 is 0 Å². The number of urea groups is 1. The number of nitrogens with one attached hydrogen (secondary N) is 2. The molecule has 0 bridgehead atoms. The van der Waals surface area contributed by atoms with Crippen LogP contribution in [0.25, 0.3) is 0 Å². The van der Waals surface area contributed by atoms with E-state index in [0.717, 1.165) is 11.3 Å². The molecular formula is C22H25N3O4. The predicted octanol–water partition coefficient (Wildman–Crippen LogP) is 2.55. The third-order valence-corrected chi connectivity index (χ3v) is 5.32. The Morgan fingerprint density at radius 1 is 1.14 bits per heavy atom. The van der Waals surface area contributed by atoms with Gasteiger partial charge in [-0.15, -0.1) is 0 Å². The normalized spacial score (nSPS) is 20.5. The molecule has 0 aromatic heterocycles. The SMILES string of the molecule is Cc1ccc(N2C[C@H](NC(=O)NC[C@@H]3COc4ccccc4O3)CC2=O)cc1C. The second-order valence-corrected chi connectivity index (χ2v) is 7.53. The maximum Gasteiger partial charge on any atom is 0.315 e. The first-order valence-corrected chi connectivity index (χ1v) is 9.80. The van der Waals surface area contributed by atoms with Gasteiger partial charge in [-0.25, -0.2) is 4.79 Å². The van der Waals surface area contributed by atoms with Crippen LogP contribution in [-0.4, -0.2) is 43.8 Å². The van der Waals surface area contributed by atoms with Gasteiger partial charge in [-0.2, -0.15) is 0 Å². The number of fused-ring (bicyclic) bond motifs is 1. The summed E-state index contributed by atoms with van der Waals surface area (Å²) in [6.07, 6.45) is 0.0319. The van der Waals surface area contributed by atoms with Crippen molar-refractivity contribution in [3.05, 3.63) is 53.6 Å². The quantitative estimate of drug-likeness (QED) is 0.834. The van der Waals surface area contributed by atoms with Crippen molar-refractivity contribution >= 4 is 17.6 Å². The molecule has 152 valence electrons. The van der Waals surface area contributed by atoms with Crippen molar-refractivity contribution in [2.45, 2.75) is 32.4 Å². The number of carbonyl (C=O) groups excluding carboxylic acids is 2. The van der Waals surface area contributed by atoms with Gasteiger partial charge >= 0.3 is 6.03 Å². The summed E-state index contributed by atoms with van der Waals surface area (Å²) >= 11 is 0. The molecule has 2 N–H and O–H groups in total. The number of nitrogens with zero attached hydrogens (tertiary/aromatic N) is 1. The molecule has 7 heteroatoms. The second kappa shape index (κ2) is 8.03. The van der Waals surface area contributed by atoms with Crippen molar-refractivity contribution in [2.75, 3.05) is 24.6 Å². The van der Waals surface area contributed by atoms with Crippen molar-refractivity contribution < 1.29 is 19.1 Å². The molecule has 4 rings (SSSR count). The fourth-order valence-electron chi connectivity index (χ4n) is 3.55. The Bertz CT molecular complexity index is 930. The molecule has 2 atom stereocenters. The summed E-state index contributed by atoms with van der Waals surface area (Å²) in [6.45, 7) is 5.23. The zero-order valence-corrected chi connectivity index (χ0v) is 16.6. The largest absolute Gasteiger partial charge is 0.486 e. The topological polar surface area (TPSA) is 79.9 Å². The van der Waals surface area contributed by atoms with E-state index in [4.69, 9.17) is 9.47 Å². The monoisotopic (exact) mass is 395 g/mol. The summed E-state index contributed by atoms with van der Waals surface area (Å²) in [7, 11) is 0. The number of carbonyl (C=O) groups is 2. The van der Waals surface area contributed by atoms with Gasteiger partial charge in [0, 0.05) is 18.7 Å². The first kappa shape index (κ1) is 19.1. The molecule has 3 amide bonds. The molecule has 0 spiro atoms. The lowest BCUT2D eigenvalue weighted by Crippen LogP contribution is -2.47. The van der Waals surface area contributed by atoms with Crippen molar-refractivity contribution in [3.8, 4) is 11.5 Å². The Kier molecular flexibility index (Phi) is 5.29. The van der Waals surface area contributed by atoms with Crippen molar-refractivity contribution in [3.63, 3.8) is 0 Å². The minimum absolute atomic E-state index is 0.0131. The smallest absolute Gasteiger partial charge is 0.315 e. The first-order valence-electron chi connectivity index (χ1n) is 9.80. The molecule has 29 heavy (non-hydrogen) atoms. The molecule has 2 heterocycles. The molecule has 2 aliphatic heterocycles. The summed E-state index contributed by atoms with van der Waals surface area (Å²) < 4.78 is 11.5. The van der Waals surface area contributed by atoms with E-state index in [1.54, 1.807) is 4.90 Å². The van der Waals surface area contributed by atoms with Gasteiger partial charge in [0.2, 0.25) is 5.91 Å². The predicted molar refractivity (Wildman–Crippen MR) is 110 cm³/mol.